The molecule has 2 aromatic rings. The van der Waals surface area contributed by atoms with E-state index in [4.69, 9.17) is 0 Å². The van der Waals surface area contributed by atoms with Crippen LogP contribution in [0.2, 0.25) is 0 Å². The Morgan fingerprint density at radius 2 is 2.12 bits per heavy atom. The fourth-order valence-electron chi connectivity index (χ4n) is 1.80. The monoisotopic (exact) mass is 230 g/mol. The van der Waals surface area contributed by atoms with Gasteiger partial charge in [0.1, 0.15) is 0 Å². The van der Waals surface area contributed by atoms with Crippen molar-refractivity contribution in [1.29, 1.82) is 0 Å². The molecule has 17 heavy (non-hydrogen) atoms. The Balaban J connectivity index is 1.84. The SMILES string of the molecule is CN[C@H](CNCc1cnc[nH]1)c1ccccc1. The van der Waals surface area contributed by atoms with Gasteiger partial charge in [-0.3, -0.25) is 0 Å². The summed E-state index contributed by atoms with van der Waals surface area (Å²) in [5.41, 5.74) is 2.40. The van der Waals surface area contributed by atoms with Crippen LogP contribution in [-0.2, 0) is 6.54 Å². The summed E-state index contributed by atoms with van der Waals surface area (Å²) in [6, 6.07) is 10.8. The highest BCUT2D eigenvalue weighted by atomic mass is 15.0. The molecule has 0 spiro atoms. The smallest absolute Gasteiger partial charge is 0.0922 e. The Morgan fingerprint density at radius 3 is 2.76 bits per heavy atom. The van der Waals surface area contributed by atoms with Crippen LogP contribution in [0.1, 0.15) is 17.3 Å². The van der Waals surface area contributed by atoms with Gasteiger partial charge in [0.15, 0.2) is 0 Å². The number of likely N-dealkylation sites (N-methyl/N-ethyl adjacent to an activating group) is 1. The number of H-pyrrole nitrogens is 1. The molecule has 4 heteroatoms. The molecular formula is C13H18N4. The highest BCUT2D eigenvalue weighted by Crippen LogP contribution is 2.10. The molecule has 0 fully saturated rings. The van der Waals surface area contributed by atoms with E-state index < -0.39 is 0 Å². The Bertz CT molecular complexity index is 410. The van der Waals surface area contributed by atoms with Crippen molar-refractivity contribution >= 4 is 0 Å². The van der Waals surface area contributed by atoms with E-state index in [1.165, 1.54) is 5.56 Å². The summed E-state index contributed by atoms with van der Waals surface area (Å²) in [5, 5.41) is 6.71. The number of aromatic nitrogens is 2. The van der Waals surface area contributed by atoms with E-state index in [1.807, 2.05) is 19.3 Å². The van der Waals surface area contributed by atoms with Gasteiger partial charge in [0, 0.05) is 31.0 Å². The highest BCUT2D eigenvalue weighted by molar-refractivity contribution is 5.19. The molecule has 0 saturated carbocycles. The lowest BCUT2D eigenvalue weighted by atomic mass is 10.1. The molecule has 0 aliphatic rings. The van der Waals surface area contributed by atoms with Gasteiger partial charge in [-0.25, -0.2) is 4.98 Å². The van der Waals surface area contributed by atoms with Crippen LogP contribution >= 0.6 is 0 Å². The zero-order valence-electron chi connectivity index (χ0n) is 9.98. The number of hydrogen-bond acceptors (Lipinski definition) is 3. The van der Waals surface area contributed by atoms with E-state index in [1.54, 1.807) is 6.33 Å². The normalized spacial score (nSPS) is 12.5. The van der Waals surface area contributed by atoms with E-state index in [0.717, 1.165) is 18.8 Å². The van der Waals surface area contributed by atoms with Crippen LogP contribution in [0.4, 0.5) is 0 Å². The maximum atomic E-state index is 3.99. The minimum Gasteiger partial charge on any atom is -0.347 e. The van der Waals surface area contributed by atoms with Crippen LogP contribution < -0.4 is 10.6 Å². The molecule has 1 atom stereocenters. The number of nitrogens with zero attached hydrogens (tertiary/aromatic N) is 1. The number of benzene rings is 1. The second kappa shape index (κ2) is 6.18. The average Bonchev–Trinajstić information content (AvgIpc) is 2.89. The lowest BCUT2D eigenvalue weighted by molar-refractivity contribution is 0.525. The molecule has 0 amide bonds. The predicted octanol–water partition coefficient (Wildman–Crippen LogP) is 1.46. The Labute approximate surface area is 101 Å². The third-order valence-corrected chi connectivity index (χ3v) is 2.77. The third-order valence-electron chi connectivity index (χ3n) is 2.77. The van der Waals surface area contributed by atoms with E-state index in [0.29, 0.717) is 6.04 Å². The van der Waals surface area contributed by atoms with Gasteiger partial charge in [-0.05, 0) is 12.6 Å². The second-order valence-electron chi connectivity index (χ2n) is 3.96. The van der Waals surface area contributed by atoms with Crippen molar-refractivity contribution in [3.63, 3.8) is 0 Å². The third kappa shape index (κ3) is 3.41. The summed E-state index contributed by atoms with van der Waals surface area (Å²) >= 11 is 0. The molecule has 4 nitrogen and oxygen atoms in total. The van der Waals surface area contributed by atoms with E-state index >= 15 is 0 Å². The van der Waals surface area contributed by atoms with Gasteiger partial charge in [-0.1, -0.05) is 30.3 Å². The lowest BCUT2D eigenvalue weighted by Crippen LogP contribution is -2.29. The van der Waals surface area contributed by atoms with Crippen molar-refractivity contribution in [2.24, 2.45) is 0 Å². The van der Waals surface area contributed by atoms with Crippen LogP contribution in [0.3, 0.4) is 0 Å². The van der Waals surface area contributed by atoms with Gasteiger partial charge < -0.3 is 15.6 Å². The molecule has 1 aromatic heterocycles. The number of aromatic amines is 1. The largest absolute Gasteiger partial charge is 0.347 e. The van der Waals surface area contributed by atoms with E-state index in [9.17, 15) is 0 Å². The molecule has 1 heterocycles. The minimum absolute atomic E-state index is 0.333. The van der Waals surface area contributed by atoms with Crippen LogP contribution in [0, 0.1) is 0 Å². The number of rotatable bonds is 6. The van der Waals surface area contributed by atoms with Gasteiger partial charge in [0.25, 0.3) is 0 Å². The van der Waals surface area contributed by atoms with Gasteiger partial charge in [0.05, 0.1) is 6.33 Å². The van der Waals surface area contributed by atoms with Gasteiger partial charge in [0.2, 0.25) is 0 Å². The molecule has 0 radical (unpaired) electrons. The summed E-state index contributed by atoms with van der Waals surface area (Å²) < 4.78 is 0. The first-order valence-electron chi connectivity index (χ1n) is 5.80. The Hall–Kier alpha value is -1.65. The summed E-state index contributed by atoms with van der Waals surface area (Å²) in [4.78, 5) is 7.06. The molecule has 0 unspecified atom stereocenters. The van der Waals surface area contributed by atoms with Crippen LogP contribution in [0.25, 0.3) is 0 Å². The van der Waals surface area contributed by atoms with Crippen molar-refractivity contribution in [2.75, 3.05) is 13.6 Å². The first kappa shape index (κ1) is 11.8. The summed E-state index contributed by atoms with van der Waals surface area (Å²) in [6.07, 6.45) is 3.54. The standard InChI is InChI=1S/C13H18N4/c1-14-13(11-5-3-2-4-6-11)9-15-7-12-8-16-10-17-12/h2-6,8,10,13-15H,7,9H2,1H3,(H,16,17)/t13-/m1/s1. The number of nitrogens with one attached hydrogen (secondary N) is 3. The van der Waals surface area contributed by atoms with Gasteiger partial charge in [-0.2, -0.15) is 0 Å². The van der Waals surface area contributed by atoms with Crippen LogP contribution in [0.15, 0.2) is 42.9 Å². The average molecular weight is 230 g/mol. The molecule has 0 bridgehead atoms. The molecule has 0 aliphatic carbocycles. The maximum absolute atomic E-state index is 3.99. The van der Waals surface area contributed by atoms with Crippen LogP contribution in [0.5, 0.6) is 0 Å². The van der Waals surface area contributed by atoms with Crippen molar-refractivity contribution in [1.82, 2.24) is 20.6 Å². The molecule has 2 rings (SSSR count). The number of imidazole rings is 1. The zero-order chi connectivity index (χ0) is 11.9. The van der Waals surface area contributed by atoms with Crippen molar-refractivity contribution in [2.45, 2.75) is 12.6 Å². The van der Waals surface area contributed by atoms with E-state index in [-0.39, 0.29) is 0 Å². The summed E-state index contributed by atoms with van der Waals surface area (Å²) in [5.74, 6) is 0. The lowest BCUT2D eigenvalue weighted by Gasteiger charge is -2.17. The van der Waals surface area contributed by atoms with Crippen molar-refractivity contribution in [3.05, 3.63) is 54.1 Å². The van der Waals surface area contributed by atoms with Crippen molar-refractivity contribution in [3.8, 4) is 0 Å². The Morgan fingerprint density at radius 1 is 1.29 bits per heavy atom. The molecule has 3 N–H and O–H groups in total. The quantitative estimate of drug-likeness (QED) is 0.704. The molecule has 0 aliphatic heterocycles. The highest BCUT2D eigenvalue weighted by Gasteiger charge is 2.07. The van der Waals surface area contributed by atoms with Crippen LogP contribution in [-0.4, -0.2) is 23.6 Å². The first-order chi connectivity index (χ1) is 8.40. The molecule has 90 valence electrons. The van der Waals surface area contributed by atoms with E-state index in [2.05, 4.69) is 44.9 Å². The van der Waals surface area contributed by atoms with Gasteiger partial charge >= 0.3 is 0 Å². The second-order valence-corrected chi connectivity index (χ2v) is 3.96. The minimum atomic E-state index is 0.333. The fourth-order valence-corrected chi connectivity index (χ4v) is 1.80. The molecule has 1 aromatic carbocycles. The number of hydrogen-bond donors (Lipinski definition) is 3. The van der Waals surface area contributed by atoms with Gasteiger partial charge in [-0.15, -0.1) is 0 Å². The predicted molar refractivity (Wildman–Crippen MR) is 68.5 cm³/mol. The summed E-state index contributed by atoms with van der Waals surface area (Å²) in [6.45, 7) is 1.70. The fraction of sp³-hybridized carbons (Fsp3) is 0.308. The first-order valence-corrected chi connectivity index (χ1v) is 5.80. The Kier molecular flexibility index (Phi) is 4.30. The van der Waals surface area contributed by atoms with Crippen molar-refractivity contribution < 1.29 is 0 Å². The zero-order valence-corrected chi connectivity index (χ0v) is 9.98. The summed E-state index contributed by atoms with van der Waals surface area (Å²) in [7, 11) is 1.98. The molecular weight excluding hydrogens is 212 g/mol. The molecule has 0 saturated heterocycles. The topological polar surface area (TPSA) is 52.7 Å². The maximum Gasteiger partial charge on any atom is 0.0922 e.